The van der Waals surface area contributed by atoms with Crippen molar-refractivity contribution in [1.29, 1.82) is 0 Å². The number of rotatable bonds is 5. The first kappa shape index (κ1) is 18.5. The predicted octanol–water partition coefficient (Wildman–Crippen LogP) is 4.47. The Morgan fingerprint density at radius 1 is 1.41 bits per heavy atom. The number of azide groups is 1. The van der Waals surface area contributed by atoms with E-state index < -0.39 is 22.9 Å². The Hall–Kier alpha value is -1.57. The lowest BCUT2D eigenvalue weighted by Crippen LogP contribution is -2.20. The van der Waals surface area contributed by atoms with Crippen molar-refractivity contribution >= 4 is 39.6 Å². The van der Waals surface area contributed by atoms with Crippen LogP contribution in [0.4, 0.5) is 4.39 Å². The number of halogens is 2. The lowest BCUT2D eigenvalue weighted by atomic mass is 10.2. The number of benzene rings is 1. The molecule has 0 saturated carbocycles. The highest BCUT2D eigenvalue weighted by molar-refractivity contribution is 9.10. The van der Waals surface area contributed by atoms with Gasteiger partial charge in [-0.3, -0.25) is 9.59 Å². The first-order chi connectivity index (χ1) is 10.3. The largest absolute Gasteiger partial charge is 0.462 e. The molecule has 0 aromatic heterocycles. The molecule has 1 atom stereocenters. The predicted molar refractivity (Wildman–Crippen MR) is 84.1 cm³/mol. The van der Waals surface area contributed by atoms with Crippen LogP contribution in [0.15, 0.2) is 26.6 Å². The van der Waals surface area contributed by atoms with Crippen molar-refractivity contribution in [3.8, 4) is 0 Å². The van der Waals surface area contributed by atoms with E-state index in [0.717, 1.165) is 17.8 Å². The van der Waals surface area contributed by atoms with Crippen molar-refractivity contribution in [2.24, 2.45) is 5.11 Å². The number of esters is 1. The Balaban J connectivity index is 3.04. The topological polar surface area (TPSA) is 92.1 Å². The number of hydrogen-bond donors (Lipinski definition) is 0. The zero-order valence-electron chi connectivity index (χ0n) is 12.0. The van der Waals surface area contributed by atoms with Gasteiger partial charge in [-0.05, 0) is 59.5 Å². The summed E-state index contributed by atoms with van der Waals surface area (Å²) in [6.45, 7) is 5.11. The number of thioether (sulfide) groups is 1. The van der Waals surface area contributed by atoms with Crippen molar-refractivity contribution in [2.75, 3.05) is 0 Å². The first-order valence-corrected chi connectivity index (χ1v) is 7.89. The Morgan fingerprint density at radius 2 is 2.05 bits per heavy atom. The zero-order chi connectivity index (χ0) is 16.9. The minimum Gasteiger partial charge on any atom is -0.462 e. The smallest absolute Gasteiger partial charge is 0.319 e. The second kappa shape index (κ2) is 8.17. The highest BCUT2D eigenvalue weighted by Crippen LogP contribution is 2.33. The molecule has 0 saturated heterocycles. The van der Waals surface area contributed by atoms with E-state index in [-0.39, 0.29) is 11.7 Å². The van der Waals surface area contributed by atoms with E-state index in [0.29, 0.717) is 9.37 Å². The number of carbonyl (C=O) groups excluding carboxylic acids is 2. The summed E-state index contributed by atoms with van der Waals surface area (Å²) in [7, 11) is 0. The van der Waals surface area contributed by atoms with Gasteiger partial charge in [-0.25, -0.2) is 4.39 Å². The quantitative estimate of drug-likeness (QED) is 0.244. The molecule has 9 heteroatoms. The summed E-state index contributed by atoms with van der Waals surface area (Å²) in [5.41, 5.74) is 7.90. The fourth-order valence-electron chi connectivity index (χ4n) is 1.44. The maximum Gasteiger partial charge on any atom is 0.319 e. The summed E-state index contributed by atoms with van der Waals surface area (Å²) in [6, 6.07) is 2.32. The summed E-state index contributed by atoms with van der Waals surface area (Å²) in [4.78, 5) is 26.1. The van der Waals surface area contributed by atoms with Gasteiger partial charge in [0.05, 0.1) is 11.7 Å². The van der Waals surface area contributed by atoms with Gasteiger partial charge >= 0.3 is 5.97 Å². The van der Waals surface area contributed by atoms with E-state index in [2.05, 4.69) is 26.0 Å². The van der Waals surface area contributed by atoms with Crippen LogP contribution < -0.4 is 0 Å². The summed E-state index contributed by atoms with van der Waals surface area (Å²) in [6.07, 6.45) is -0.241. The molecule has 6 nitrogen and oxygen atoms in total. The van der Waals surface area contributed by atoms with Crippen LogP contribution in [-0.4, -0.2) is 23.2 Å². The summed E-state index contributed by atoms with van der Waals surface area (Å²) < 4.78 is 19.2. The molecule has 0 fully saturated rings. The lowest BCUT2D eigenvalue weighted by molar-refractivity contribution is -0.146. The molecule has 0 radical (unpaired) electrons. The van der Waals surface area contributed by atoms with Crippen LogP contribution >= 0.6 is 27.7 Å². The Morgan fingerprint density at radius 3 is 2.59 bits per heavy atom. The molecule has 1 aromatic rings. The summed E-state index contributed by atoms with van der Waals surface area (Å²) in [5, 5.41) is 2.32. The molecule has 0 spiro atoms. The molecule has 118 valence electrons. The van der Waals surface area contributed by atoms with Gasteiger partial charge in [0.1, 0.15) is 11.1 Å². The van der Waals surface area contributed by atoms with E-state index >= 15 is 0 Å². The summed E-state index contributed by atoms with van der Waals surface area (Å²) in [5.74, 6) is -2.25. The van der Waals surface area contributed by atoms with E-state index in [4.69, 9.17) is 10.3 Å². The molecule has 0 aliphatic heterocycles. The van der Waals surface area contributed by atoms with Crippen LogP contribution in [0, 0.1) is 5.82 Å². The SMILES string of the molecule is CC(C)OC(=O)C(C)Sc1cc(C(=O)N=[N+]=[N-])c(F)cc1Br. The van der Waals surface area contributed by atoms with Crippen LogP contribution in [-0.2, 0) is 9.53 Å². The molecule has 1 aromatic carbocycles. The monoisotopic (exact) mass is 389 g/mol. The lowest BCUT2D eigenvalue weighted by Gasteiger charge is -2.15. The molecular formula is C13H13BrFN3O3S. The molecule has 1 unspecified atom stereocenters. The van der Waals surface area contributed by atoms with Crippen LogP contribution in [0.2, 0.25) is 0 Å². The van der Waals surface area contributed by atoms with Gasteiger partial charge in [-0.2, -0.15) is 0 Å². The molecule has 1 rings (SSSR count). The minimum atomic E-state index is -1.02. The van der Waals surface area contributed by atoms with E-state index in [1.807, 2.05) is 0 Å². The average Bonchev–Trinajstić information content (AvgIpc) is 2.40. The van der Waals surface area contributed by atoms with Crippen LogP contribution in [0.5, 0.6) is 0 Å². The summed E-state index contributed by atoms with van der Waals surface area (Å²) >= 11 is 4.27. The fraction of sp³-hybridized carbons (Fsp3) is 0.385. The van der Waals surface area contributed by atoms with Crippen LogP contribution in [0.1, 0.15) is 31.1 Å². The third-order valence-corrected chi connectivity index (χ3v) is 4.43. The van der Waals surface area contributed by atoms with Gasteiger partial charge in [0.25, 0.3) is 5.91 Å². The molecule has 0 N–H and O–H groups in total. The standard InChI is InChI=1S/C13H13BrFN3O3S/c1-6(2)21-13(20)7(3)22-11-4-8(12(19)17-18-16)10(15)5-9(11)14/h4-7H,1-3H3. The third-order valence-electron chi connectivity index (χ3n) is 2.38. The third kappa shape index (κ3) is 5.01. The molecule has 22 heavy (non-hydrogen) atoms. The first-order valence-electron chi connectivity index (χ1n) is 6.21. The number of carbonyl (C=O) groups is 2. The number of nitrogens with zero attached hydrogens (tertiary/aromatic N) is 3. The van der Waals surface area contributed by atoms with Gasteiger partial charge in [0, 0.05) is 14.3 Å². The van der Waals surface area contributed by atoms with E-state index in [9.17, 15) is 14.0 Å². The van der Waals surface area contributed by atoms with Crippen molar-refractivity contribution in [3.05, 3.63) is 38.4 Å². The molecule has 1 amide bonds. The number of ether oxygens (including phenoxy) is 1. The highest BCUT2D eigenvalue weighted by atomic mass is 79.9. The average molecular weight is 390 g/mol. The van der Waals surface area contributed by atoms with E-state index in [1.165, 1.54) is 6.07 Å². The Kier molecular flexibility index (Phi) is 6.86. The maximum absolute atomic E-state index is 13.7. The molecule has 0 heterocycles. The second-order valence-electron chi connectivity index (χ2n) is 4.50. The van der Waals surface area contributed by atoms with Crippen molar-refractivity contribution in [2.45, 2.75) is 37.0 Å². The Labute approximate surface area is 139 Å². The Bertz CT molecular complexity index is 648. The van der Waals surface area contributed by atoms with Crippen LogP contribution in [0.25, 0.3) is 10.4 Å². The number of hydrogen-bond acceptors (Lipinski definition) is 4. The zero-order valence-corrected chi connectivity index (χ0v) is 14.4. The van der Waals surface area contributed by atoms with Crippen molar-refractivity contribution in [1.82, 2.24) is 0 Å². The van der Waals surface area contributed by atoms with Gasteiger partial charge < -0.3 is 4.74 Å². The van der Waals surface area contributed by atoms with Crippen molar-refractivity contribution in [3.63, 3.8) is 0 Å². The van der Waals surface area contributed by atoms with Gasteiger partial charge in [0.2, 0.25) is 0 Å². The number of amides is 1. The van der Waals surface area contributed by atoms with Crippen molar-refractivity contribution < 1.29 is 18.7 Å². The second-order valence-corrected chi connectivity index (χ2v) is 6.74. The normalized spacial score (nSPS) is 11.7. The van der Waals surface area contributed by atoms with Gasteiger partial charge in [-0.1, -0.05) is 0 Å². The van der Waals surface area contributed by atoms with Gasteiger partial charge in [-0.15, -0.1) is 11.8 Å². The van der Waals surface area contributed by atoms with Crippen LogP contribution in [0.3, 0.4) is 0 Å². The fourth-order valence-corrected chi connectivity index (χ4v) is 2.93. The van der Waals surface area contributed by atoms with E-state index in [1.54, 1.807) is 20.8 Å². The van der Waals surface area contributed by atoms with Gasteiger partial charge in [0.15, 0.2) is 0 Å². The maximum atomic E-state index is 13.7. The highest BCUT2D eigenvalue weighted by Gasteiger charge is 2.21. The molecule has 0 bridgehead atoms. The minimum absolute atomic E-state index is 0.241. The molecule has 0 aliphatic rings. The molecule has 0 aliphatic carbocycles. The molecular weight excluding hydrogens is 377 g/mol.